The molecule has 0 aliphatic carbocycles. The SMILES string of the molecule is CC[C@H](C(=O)N[C@@H](C)CC)N(Cc1c(Cl)cccc1Cl)C(=O)Cc1cccc(C)c1. The van der Waals surface area contributed by atoms with Crippen molar-refractivity contribution in [1.82, 2.24) is 10.2 Å². The highest BCUT2D eigenvalue weighted by molar-refractivity contribution is 6.36. The number of carbonyl (C=O) groups is 2. The topological polar surface area (TPSA) is 49.4 Å². The van der Waals surface area contributed by atoms with Crippen LogP contribution in [-0.2, 0) is 22.6 Å². The van der Waals surface area contributed by atoms with Gasteiger partial charge in [0, 0.05) is 28.2 Å². The Morgan fingerprint density at radius 2 is 1.67 bits per heavy atom. The van der Waals surface area contributed by atoms with Crippen molar-refractivity contribution in [2.45, 2.75) is 65.6 Å². The van der Waals surface area contributed by atoms with Crippen LogP contribution in [0.15, 0.2) is 42.5 Å². The summed E-state index contributed by atoms with van der Waals surface area (Å²) in [5, 5.41) is 3.96. The third kappa shape index (κ3) is 6.48. The van der Waals surface area contributed by atoms with Gasteiger partial charge in [0.1, 0.15) is 6.04 Å². The first-order valence-electron chi connectivity index (χ1n) is 10.3. The van der Waals surface area contributed by atoms with E-state index in [9.17, 15) is 9.59 Å². The second-order valence-corrected chi connectivity index (χ2v) is 8.44. The fourth-order valence-electron chi connectivity index (χ4n) is 3.31. The van der Waals surface area contributed by atoms with Crippen molar-refractivity contribution in [3.63, 3.8) is 0 Å². The van der Waals surface area contributed by atoms with Crippen LogP contribution in [0, 0.1) is 6.92 Å². The van der Waals surface area contributed by atoms with E-state index in [1.54, 1.807) is 23.1 Å². The molecule has 0 aromatic heterocycles. The predicted molar refractivity (Wildman–Crippen MR) is 124 cm³/mol. The van der Waals surface area contributed by atoms with E-state index in [-0.39, 0.29) is 30.8 Å². The Morgan fingerprint density at radius 3 is 2.23 bits per heavy atom. The van der Waals surface area contributed by atoms with E-state index in [1.807, 2.05) is 52.0 Å². The zero-order chi connectivity index (χ0) is 22.3. The summed E-state index contributed by atoms with van der Waals surface area (Å²) >= 11 is 12.7. The molecule has 6 heteroatoms. The first-order chi connectivity index (χ1) is 14.3. The van der Waals surface area contributed by atoms with Gasteiger partial charge in [-0.25, -0.2) is 0 Å². The Bertz CT molecular complexity index is 865. The minimum atomic E-state index is -0.608. The van der Waals surface area contributed by atoms with Gasteiger partial charge in [-0.05, 0) is 44.4 Å². The minimum absolute atomic E-state index is 0.0316. The Kier molecular flexibility index (Phi) is 9.19. The van der Waals surface area contributed by atoms with Crippen molar-refractivity contribution in [3.8, 4) is 0 Å². The summed E-state index contributed by atoms with van der Waals surface area (Å²) < 4.78 is 0. The number of aryl methyl sites for hydroxylation is 1. The van der Waals surface area contributed by atoms with Gasteiger partial charge in [0.05, 0.1) is 6.42 Å². The van der Waals surface area contributed by atoms with Gasteiger partial charge in [0.15, 0.2) is 0 Å². The molecule has 0 unspecified atom stereocenters. The van der Waals surface area contributed by atoms with Crippen LogP contribution in [0.2, 0.25) is 10.0 Å². The van der Waals surface area contributed by atoms with Gasteiger partial charge >= 0.3 is 0 Å². The molecule has 0 spiro atoms. The van der Waals surface area contributed by atoms with E-state index in [0.29, 0.717) is 22.0 Å². The van der Waals surface area contributed by atoms with Crippen molar-refractivity contribution < 1.29 is 9.59 Å². The van der Waals surface area contributed by atoms with Gasteiger partial charge in [-0.2, -0.15) is 0 Å². The van der Waals surface area contributed by atoms with E-state index < -0.39 is 6.04 Å². The molecule has 0 saturated carbocycles. The molecule has 0 bridgehead atoms. The summed E-state index contributed by atoms with van der Waals surface area (Å²) in [5.74, 6) is -0.296. The maximum Gasteiger partial charge on any atom is 0.243 e. The van der Waals surface area contributed by atoms with Crippen molar-refractivity contribution >= 4 is 35.0 Å². The summed E-state index contributed by atoms with van der Waals surface area (Å²) in [5.41, 5.74) is 2.64. The fourth-order valence-corrected chi connectivity index (χ4v) is 3.83. The molecule has 2 amide bonds. The van der Waals surface area contributed by atoms with Gasteiger partial charge < -0.3 is 10.2 Å². The van der Waals surface area contributed by atoms with Gasteiger partial charge in [-0.1, -0.05) is 72.9 Å². The minimum Gasteiger partial charge on any atom is -0.352 e. The van der Waals surface area contributed by atoms with Gasteiger partial charge in [0.2, 0.25) is 11.8 Å². The quantitative estimate of drug-likeness (QED) is 0.545. The molecule has 4 nitrogen and oxygen atoms in total. The number of hydrogen-bond acceptors (Lipinski definition) is 2. The molecule has 162 valence electrons. The van der Waals surface area contributed by atoms with Crippen molar-refractivity contribution in [1.29, 1.82) is 0 Å². The van der Waals surface area contributed by atoms with E-state index in [2.05, 4.69) is 5.32 Å². The van der Waals surface area contributed by atoms with Crippen LogP contribution >= 0.6 is 23.2 Å². The number of nitrogens with one attached hydrogen (secondary N) is 1. The van der Waals surface area contributed by atoms with E-state index in [4.69, 9.17) is 23.2 Å². The second kappa shape index (κ2) is 11.4. The summed E-state index contributed by atoms with van der Waals surface area (Å²) in [7, 11) is 0. The zero-order valence-corrected chi connectivity index (χ0v) is 19.6. The van der Waals surface area contributed by atoms with Gasteiger partial charge in [0.25, 0.3) is 0 Å². The Balaban J connectivity index is 2.37. The van der Waals surface area contributed by atoms with E-state index in [0.717, 1.165) is 17.5 Å². The Morgan fingerprint density at radius 1 is 1.03 bits per heavy atom. The summed E-state index contributed by atoms with van der Waals surface area (Å²) in [6, 6.07) is 12.5. The average Bonchev–Trinajstić information content (AvgIpc) is 2.69. The third-order valence-electron chi connectivity index (χ3n) is 5.21. The number of hydrogen-bond donors (Lipinski definition) is 1. The lowest BCUT2D eigenvalue weighted by molar-refractivity contribution is -0.141. The average molecular weight is 449 g/mol. The van der Waals surface area contributed by atoms with Crippen molar-refractivity contribution in [2.24, 2.45) is 0 Å². The molecule has 2 aromatic rings. The van der Waals surface area contributed by atoms with Crippen molar-refractivity contribution in [3.05, 3.63) is 69.2 Å². The lowest BCUT2D eigenvalue weighted by atomic mass is 10.0. The molecule has 2 rings (SSSR count). The highest BCUT2D eigenvalue weighted by atomic mass is 35.5. The standard InChI is InChI=1S/C24H30Cl2N2O2/c1-5-17(4)27-24(30)22(6-2)28(15-19-20(25)11-8-12-21(19)26)23(29)14-18-10-7-9-16(3)13-18/h7-13,17,22H,5-6,14-15H2,1-4H3,(H,27,30)/t17-,22+/m0/s1. The van der Waals surface area contributed by atoms with E-state index in [1.165, 1.54) is 0 Å². The smallest absolute Gasteiger partial charge is 0.243 e. The molecule has 1 N–H and O–H groups in total. The number of rotatable bonds is 9. The van der Waals surface area contributed by atoms with Crippen LogP contribution in [0.4, 0.5) is 0 Å². The molecule has 0 aliphatic heterocycles. The largest absolute Gasteiger partial charge is 0.352 e. The first kappa shape index (κ1) is 24.2. The Hall–Kier alpha value is -2.04. The molecule has 30 heavy (non-hydrogen) atoms. The number of carbonyl (C=O) groups excluding carboxylic acids is 2. The predicted octanol–water partition coefficient (Wildman–Crippen LogP) is 5.57. The van der Waals surface area contributed by atoms with Crippen LogP contribution in [0.5, 0.6) is 0 Å². The summed E-state index contributed by atoms with van der Waals surface area (Å²) in [6.07, 6.45) is 1.51. The summed E-state index contributed by atoms with van der Waals surface area (Å²) in [4.78, 5) is 28.0. The maximum absolute atomic E-state index is 13.4. The van der Waals surface area contributed by atoms with Crippen molar-refractivity contribution in [2.75, 3.05) is 0 Å². The highest BCUT2D eigenvalue weighted by Gasteiger charge is 2.30. The molecular formula is C24H30Cl2N2O2. The lowest BCUT2D eigenvalue weighted by Crippen LogP contribution is -2.51. The van der Waals surface area contributed by atoms with Gasteiger partial charge in [-0.15, -0.1) is 0 Å². The molecule has 0 radical (unpaired) electrons. The third-order valence-corrected chi connectivity index (χ3v) is 5.92. The van der Waals surface area contributed by atoms with Crippen LogP contribution in [-0.4, -0.2) is 28.8 Å². The molecule has 0 heterocycles. The van der Waals surface area contributed by atoms with Crippen LogP contribution in [0.25, 0.3) is 0 Å². The van der Waals surface area contributed by atoms with Crippen LogP contribution in [0.3, 0.4) is 0 Å². The first-order valence-corrected chi connectivity index (χ1v) is 11.1. The molecule has 0 fully saturated rings. The lowest BCUT2D eigenvalue weighted by Gasteiger charge is -2.32. The van der Waals surface area contributed by atoms with Crippen LogP contribution < -0.4 is 5.32 Å². The molecule has 2 atom stereocenters. The monoisotopic (exact) mass is 448 g/mol. The number of halogens is 2. The van der Waals surface area contributed by atoms with E-state index >= 15 is 0 Å². The zero-order valence-electron chi connectivity index (χ0n) is 18.0. The molecular weight excluding hydrogens is 419 g/mol. The second-order valence-electron chi connectivity index (χ2n) is 7.63. The highest BCUT2D eigenvalue weighted by Crippen LogP contribution is 2.27. The Labute approximate surface area is 189 Å². The number of nitrogens with zero attached hydrogens (tertiary/aromatic N) is 1. The fraction of sp³-hybridized carbons (Fsp3) is 0.417. The molecule has 2 aromatic carbocycles. The number of amides is 2. The maximum atomic E-state index is 13.4. The normalized spacial score (nSPS) is 12.9. The van der Waals surface area contributed by atoms with Crippen LogP contribution in [0.1, 0.15) is 50.3 Å². The summed E-state index contributed by atoms with van der Waals surface area (Å²) in [6.45, 7) is 8.03. The molecule has 0 aliphatic rings. The molecule has 0 saturated heterocycles. The number of benzene rings is 2. The van der Waals surface area contributed by atoms with Gasteiger partial charge in [-0.3, -0.25) is 9.59 Å².